The van der Waals surface area contributed by atoms with Gasteiger partial charge >= 0.3 is 5.97 Å². The summed E-state index contributed by atoms with van der Waals surface area (Å²) in [5, 5.41) is 0. The summed E-state index contributed by atoms with van der Waals surface area (Å²) in [6.07, 6.45) is 0.338. The van der Waals surface area contributed by atoms with E-state index in [2.05, 4.69) is 15.9 Å². The third kappa shape index (κ3) is 5.88. The minimum atomic E-state index is -3.06. The fourth-order valence-electron chi connectivity index (χ4n) is 3.23. The van der Waals surface area contributed by atoms with Gasteiger partial charge in [0.15, 0.2) is 0 Å². The van der Waals surface area contributed by atoms with Gasteiger partial charge in [-0.1, -0.05) is 72.2 Å². The molecule has 0 heterocycles. The molecule has 0 aliphatic rings. The van der Waals surface area contributed by atoms with Crippen LogP contribution in [0, 0.1) is 5.41 Å². The maximum Gasteiger partial charge on any atom is 0.315 e. The van der Waals surface area contributed by atoms with E-state index in [0.717, 1.165) is 15.6 Å². The zero-order valence-electron chi connectivity index (χ0n) is 17.9. The van der Waals surface area contributed by atoms with Gasteiger partial charge in [0.2, 0.25) is 0 Å². The molecule has 0 fully saturated rings. The zero-order valence-corrected chi connectivity index (χ0v) is 19.5. The van der Waals surface area contributed by atoms with E-state index >= 15 is 0 Å². The highest BCUT2D eigenvalue weighted by Crippen LogP contribution is 2.44. The van der Waals surface area contributed by atoms with Crippen molar-refractivity contribution in [2.75, 3.05) is 13.7 Å². The number of alkyl halides is 2. The number of hydrogen-bond donors (Lipinski definition) is 0. The number of rotatable bonds is 10. The smallest absolute Gasteiger partial charge is 0.315 e. The first kappa shape index (κ1) is 24.5. The summed E-state index contributed by atoms with van der Waals surface area (Å²) in [5.74, 6) is -3.50. The molecule has 2 rings (SSSR count). The second-order valence-corrected chi connectivity index (χ2v) is 9.32. The average Bonchev–Trinajstić information content (AvgIpc) is 2.72. The Morgan fingerprint density at radius 2 is 1.67 bits per heavy atom. The number of ether oxygens (including phenoxy) is 2. The molecule has 3 nitrogen and oxygen atoms in total. The number of benzene rings is 2. The number of methoxy groups -OCH3 is 1. The first-order chi connectivity index (χ1) is 14.0. The molecule has 1 atom stereocenters. The Morgan fingerprint density at radius 1 is 1.00 bits per heavy atom. The van der Waals surface area contributed by atoms with Crippen LogP contribution in [0.3, 0.4) is 0 Å². The SMILES string of the molecule is COC(=O)C(C)(CCC(C)(C)C(F)(F)COCc1ccccc1)c1cccc(Br)c1. The molecule has 1 unspecified atom stereocenters. The minimum Gasteiger partial charge on any atom is -0.468 e. The molecular formula is C24H29BrF2O3. The van der Waals surface area contributed by atoms with Crippen LogP contribution in [0.5, 0.6) is 0 Å². The summed E-state index contributed by atoms with van der Waals surface area (Å²) >= 11 is 3.41. The van der Waals surface area contributed by atoms with Gasteiger partial charge in [-0.2, -0.15) is 0 Å². The van der Waals surface area contributed by atoms with E-state index < -0.39 is 29.3 Å². The molecule has 0 spiro atoms. The molecule has 2 aromatic rings. The van der Waals surface area contributed by atoms with Crippen LogP contribution >= 0.6 is 15.9 Å². The van der Waals surface area contributed by atoms with E-state index in [-0.39, 0.29) is 19.4 Å². The van der Waals surface area contributed by atoms with Crippen LogP contribution in [0.1, 0.15) is 44.7 Å². The van der Waals surface area contributed by atoms with Gasteiger partial charge < -0.3 is 9.47 Å². The molecular weight excluding hydrogens is 454 g/mol. The second-order valence-electron chi connectivity index (χ2n) is 8.40. The molecule has 0 radical (unpaired) electrons. The largest absolute Gasteiger partial charge is 0.468 e. The van der Waals surface area contributed by atoms with E-state index in [9.17, 15) is 13.6 Å². The predicted molar refractivity (Wildman–Crippen MR) is 118 cm³/mol. The number of carbonyl (C=O) groups excluding carboxylic acids is 1. The van der Waals surface area contributed by atoms with Crippen molar-refractivity contribution in [3.05, 3.63) is 70.2 Å². The fourth-order valence-corrected chi connectivity index (χ4v) is 3.63. The third-order valence-electron chi connectivity index (χ3n) is 5.73. The van der Waals surface area contributed by atoms with E-state index in [1.165, 1.54) is 21.0 Å². The Morgan fingerprint density at radius 3 is 2.27 bits per heavy atom. The van der Waals surface area contributed by atoms with Gasteiger partial charge in [0.1, 0.15) is 6.61 Å². The molecule has 0 aliphatic heterocycles. The van der Waals surface area contributed by atoms with Crippen LogP contribution in [-0.4, -0.2) is 25.6 Å². The minimum absolute atomic E-state index is 0.118. The Balaban J connectivity index is 2.09. The third-order valence-corrected chi connectivity index (χ3v) is 6.23. The van der Waals surface area contributed by atoms with E-state index in [4.69, 9.17) is 9.47 Å². The van der Waals surface area contributed by atoms with Gasteiger partial charge in [-0.15, -0.1) is 0 Å². The van der Waals surface area contributed by atoms with Crippen molar-refractivity contribution >= 4 is 21.9 Å². The summed E-state index contributed by atoms with van der Waals surface area (Å²) in [6, 6.07) is 16.5. The van der Waals surface area contributed by atoms with E-state index in [0.29, 0.717) is 0 Å². The standard InChI is InChI=1S/C24H29BrF2O3/c1-22(2,24(26,27)17-30-16-18-9-6-5-7-10-18)13-14-23(3,21(28)29-4)19-11-8-12-20(25)15-19/h5-12,15H,13-14,16-17H2,1-4H3. The van der Waals surface area contributed by atoms with Crippen LogP contribution in [-0.2, 0) is 26.3 Å². The lowest BCUT2D eigenvalue weighted by Crippen LogP contribution is -2.43. The highest BCUT2D eigenvalue weighted by molar-refractivity contribution is 9.10. The van der Waals surface area contributed by atoms with Crippen LogP contribution < -0.4 is 0 Å². The van der Waals surface area contributed by atoms with Gasteiger partial charge in [0, 0.05) is 9.89 Å². The Kier molecular flexibility index (Phi) is 8.17. The molecule has 164 valence electrons. The van der Waals surface area contributed by atoms with E-state index in [1.54, 1.807) is 6.92 Å². The number of halogens is 3. The predicted octanol–water partition coefficient (Wildman–Crippen LogP) is 6.54. The van der Waals surface area contributed by atoms with Crippen molar-refractivity contribution < 1.29 is 23.0 Å². The van der Waals surface area contributed by atoms with Crippen LogP contribution in [0.2, 0.25) is 0 Å². The number of carbonyl (C=O) groups is 1. The molecule has 0 saturated carbocycles. The Hall–Kier alpha value is -1.79. The summed E-state index contributed by atoms with van der Waals surface area (Å²) in [7, 11) is 1.32. The molecule has 0 amide bonds. The van der Waals surface area contributed by atoms with E-state index in [1.807, 2.05) is 54.6 Å². The Labute approximate surface area is 185 Å². The normalized spacial score (nSPS) is 14.2. The van der Waals surface area contributed by atoms with Crippen LogP contribution in [0.4, 0.5) is 8.78 Å². The maximum absolute atomic E-state index is 15.0. The molecule has 6 heteroatoms. The topological polar surface area (TPSA) is 35.5 Å². The number of esters is 1. The molecule has 0 aromatic heterocycles. The van der Waals surface area contributed by atoms with Crippen molar-refractivity contribution in [3.8, 4) is 0 Å². The summed E-state index contributed by atoms with van der Waals surface area (Å²) in [4.78, 5) is 12.6. The van der Waals surface area contributed by atoms with Crippen molar-refractivity contribution in [2.24, 2.45) is 5.41 Å². The molecule has 2 aromatic carbocycles. The average molecular weight is 483 g/mol. The Bertz CT molecular complexity index is 839. The monoisotopic (exact) mass is 482 g/mol. The zero-order chi connectivity index (χ0) is 22.4. The lowest BCUT2D eigenvalue weighted by molar-refractivity contribution is -0.162. The van der Waals surface area contributed by atoms with Crippen molar-refractivity contribution in [3.63, 3.8) is 0 Å². The van der Waals surface area contributed by atoms with Gasteiger partial charge in [0.05, 0.1) is 19.1 Å². The lowest BCUT2D eigenvalue weighted by Gasteiger charge is -2.37. The van der Waals surface area contributed by atoms with Crippen molar-refractivity contribution in [1.82, 2.24) is 0 Å². The van der Waals surface area contributed by atoms with Gasteiger partial charge in [-0.3, -0.25) is 4.79 Å². The molecule has 0 aliphatic carbocycles. The first-order valence-corrected chi connectivity index (χ1v) is 10.7. The highest BCUT2D eigenvalue weighted by atomic mass is 79.9. The molecule has 0 bridgehead atoms. The summed E-state index contributed by atoms with van der Waals surface area (Å²) in [6.45, 7) is 4.21. The van der Waals surface area contributed by atoms with Crippen LogP contribution in [0.25, 0.3) is 0 Å². The highest BCUT2D eigenvalue weighted by Gasteiger charge is 2.48. The summed E-state index contributed by atoms with van der Waals surface area (Å²) in [5.41, 5.74) is -0.830. The number of hydrogen-bond acceptors (Lipinski definition) is 3. The lowest BCUT2D eigenvalue weighted by atomic mass is 9.72. The quantitative estimate of drug-likeness (QED) is 0.360. The maximum atomic E-state index is 15.0. The van der Waals surface area contributed by atoms with Crippen molar-refractivity contribution in [1.29, 1.82) is 0 Å². The van der Waals surface area contributed by atoms with Gasteiger partial charge in [-0.05, 0) is 43.0 Å². The fraction of sp³-hybridized carbons (Fsp3) is 0.458. The van der Waals surface area contributed by atoms with Gasteiger partial charge in [0.25, 0.3) is 5.92 Å². The first-order valence-electron chi connectivity index (χ1n) is 9.86. The molecule has 30 heavy (non-hydrogen) atoms. The van der Waals surface area contributed by atoms with Crippen LogP contribution in [0.15, 0.2) is 59.1 Å². The molecule has 0 N–H and O–H groups in total. The molecule has 0 saturated heterocycles. The summed E-state index contributed by atoms with van der Waals surface area (Å²) < 4.78 is 41.1. The van der Waals surface area contributed by atoms with Crippen molar-refractivity contribution in [2.45, 2.75) is 51.6 Å². The van der Waals surface area contributed by atoms with Gasteiger partial charge in [-0.25, -0.2) is 8.78 Å². The second kappa shape index (κ2) is 10.0.